The fourth-order valence-corrected chi connectivity index (χ4v) is 1.45. The minimum absolute atomic E-state index is 0.190. The first kappa shape index (κ1) is 9.93. The van der Waals surface area contributed by atoms with Crippen LogP contribution in [0, 0.1) is 6.92 Å². The molecular weight excluding hydrogens is 284 g/mol. The Labute approximate surface area is 88.4 Å². The maximum atomic E-state index is 10.4. The van der Waals surface area contributed by atoms with Gasteiger partial charge in [-0.3, -0.25) is 0 Å². The topological polar surface area (TPSA) is 17.1 Å². The number of carbonyl (C=O) groups excluding carboxylic acids is 1. The number of alkyl halides is 1. The zero-order valence-electron chi connectivity index (χ0n) is 6.55. The van der Waals surface area contributed by atoms with Crippen LogP contribution in [0.4, 0.5) is 0 Å². The van der Waals surface area contributed by atoms with E-state index in [1.54, 1.807) is 0 Å². The fraction of sp³-hybridized carbons (Fsp3) is 0.222. The minimum atomic E-state index is -0.190. The Morgan fingerprint density at radius 3 is 2.67 bits per heavy atom. The van der Waals surface area contributed by atoms with Crippen LogP contribution in [0.1, 0.15) is 16.0 Å². The van der Waals surface area contributed by atoms with E-state index in [0.717, 1.165) is 21.9 Å². The summed E-state index contributed by atoms with van der Waals surface area (Å²) in [6.07, 6.45) is 0.878. The van der Waals surface area contributed by atoms with Gasteiger partial charge >= 0.3 is 0 Å². The van der Waals surface area contributed by atoms with Crippen molar-refractivity contribution in [1.29, 1.82) is 0 Å². The molecule has 1 aromatic carbocycles. The highest BCUT2D eigenvalue weighted by Gasteiger charge is 2.05. The number of rotatable bonds is 2. The van der Waals surface area contributed by atoms with Crippen molar-refractivity contribution in [2.75, 3.05) is 0 Å². The van der Waals surface area contributed by atoms with Crippen LogP contribution in [0.2, 0.25) is 0 Å². The number of halogens is 2. The van der Waals surface area contributed by atoms with Crippen molar-refractivity contribution < 1.29 is 4.79 Å². The third-order valence-corrected chi connectivity index (χ3v) is 3.25. The molecule has 0 radical (unpaired) electrons. The first-order chi connectivity index (χ1) is 5.65. The Bertz CT molecular complexity index is 297. The highest BCUT2D eigenvalue weighted by atomic mass is 79.9. The molecule has 0 saturated heterocycles. The summed E-state index contributed by atoms with van der Waals surface area (Å²) in [7, 11) is 0. The summed E-state index contributed by atoms with van der Waals surface area (Å²) in [5.41, 5.74) is 2.13. The summed E-state index contributed by atoms with van der Waals surface area (Å²) in [6, 6.07) is 5.85. The number of hydrogen-bond acceptors (Lipinski definition) is 1. The molecule has 1 aromatic rings. The summed E-state index contributed by atoms with van der Waals surface area (Å²) in [4.78, 5) is 10.3. The van der Waals surface area contributed by atoms with Crippen LogP contribution >= 0.6 is 31.9 Å². The van der Waals surface area contributed by atoms with Crippen LogP contribution in [0.5, 0.6) is 0 Å². The van der Waals surface area contributed by atoms with E-state index >= 15 is 0 Å². The van der Waals surface area contributed by atoms with E-state index in [0.29, 0.717) is 0 Å². The van der Waals surface area contributed by atoms with Crippen molar-refractivity contribution in [3.63, 3.8) is 0 Å². The number of hydrogen-bond donors (Lipinski definition) is 0. The second-order valence-corrected chi connectivity index (χ2v) is 4.39. The molecule has 1 rings (SSSR count). The Hall–Kier alpha value is -0.150. The van der Waals surface area contributed by atoms with Gasteiger partial charge in [0.1, 0.15) is 6.29 Å². The highest BCUT2D eigenvalue weighted by molar-refractivity contribution is 9.10. The molecule has 0 heterocycles. The monoisotopic (exact) mass is 290 g/mol. The molecule has 1 unspecified atom stereocenters. The van der Waals surface area contributed by atoms with E-state index in [1.165, 1.54) is 0 Å². The minimum Gasteiger partial charge on any atom is -0.302 e. The van der Waals surface area contributed by atoms with Crippen LogP contribution < -0.4 is 0 Å². The zero-order chi connectivity index (χ0) is 9.14. The number of aryl methyl sites for hydroxylation is 1. The Balaban J connectivity index is 3.04. The normalized spacial score (nSPS) is 12.6. The van der Waals surface area contributed by atoms with Gasteiger partial charge in [0.25, 0.3) is 0 Å². The second kappa shape index (κ2) is 4.19. The van der Waals surface area contributed by atoms with E-state index in [4.69, 9.17) is 0 Å². The molecule has 0 aliphatic heterocycles. The van der Waals surface area contributed by atoms with E-state index in [9.17, 15) is 4.79 Å². The van der Waals surface area contributed by atoms with Gasteiger partial charge in [-0.05, 0) is 24.1 Å². The van der Waals surface area contributed by atoms with E-state index in [1.807, 2.05) is 25.1 Å². The molecular formula is C9H8Br2O. The summed E-state index contributed by atoms with van der Waals surface area (Å²) < 4.78 is 1.07. The van der Waals surface area contributed by atoms with Gasteiger partial charge < -0.3 is 4.79 Å². The lowest BCUT2D eigenvalue weighted by Crippen LogP contribution is -1.91. The van der Waals surface area contributed by atoms with Gasteiger partial charge in [-0.25, -0.2) is 0 Å². The first-order valence-corrected chi connectivity index (χ1v) is 5.21. The molecule has 1 nitrogen and oxygen atoms in total. The molecule has 0 aliphatic carbocycles. The zero-order valence-corrected chi connectivity index (χ0v) is 9.72. The average Bonchev–Trinajstić information content (AvgIpc) is 2.08. The average molecular weight is 292 g/mol. The van der Waals surface area contributed by atoms with Gasteiger partial charge in [0.2, 0.25) is 0 Å². The second-order valence-electron chi connectivity index (χ2n) is 2.55. The van der Waals surface area contributed by atoms with E-state index < -0.39 is 0 Å². The van der Waals surface area contributed by atoms with Crippen LogP contribution in [-0.4, -0.2) is 6.29 Å². The predicted octanol–water partition coefficient (Wildman–Crippen LogP) is 3.39. The maximum Gasteiger partial charge on any atom is 0.138 e. The molecule has 64 valence electrons. The molecule has 1 atom stereocenters. The molecule has 0 fully saturated rings. The van der Waals surface area contributed by atoms with Crippen molar-refractivity contribution >= 4 is 38.1 Å². The lowest BCUT2D eigenvalue weighted by Gasteiger charge is -2.04. The molecule has 12 heavy (non-hydrogen) atoms. The largest absolute Gasteiger partial charge is 0.302 e. The number of benzene rings is 1. The van der Waals surface area contributed by atoms with E-state index in [2.05, 4.69) is 31.9 Å². The van der Waals surface area contributed by atoms with Gasteiger partial charge in [-0.1, -0.05) is 44.0 Å². The first-order valence-electron chi connectivity index (χ1n) is 3.50. The van der Waals surface area contributed by atoms with Crippen LogP contribution in [0.15, 0.2) is 22.7 Å². The van der Waals surface area contributed by atoms with E-state index in [-0.39, 0.29) is 4.83 Å². The summed E-state index contributed by atoms with van der Waals surface area (Å²) in [5, 5.41) is 0. The third-order valence-electron chi connectivity index (χ3n) is 1.62. The Morgan fingerprint density at radius 2 is 2.17 bits per heavy atom. The van der Waals surface area contributed by atoms with Crippen molar-refractivity contribution in [3.8, 4) is 0 Å². The summed E-state index contributed by atoms with van der Waals surface area (Å²) >= 11 is 6.66. The molecule has 0 aromatic heterocycles. The smallest absolute Gasteiger partial charge is 0.138 e. The van der Waals surface area contributed by atoms with Crippen LogP contribution in [0.3, 0.4) is 0 Å². The quantitative estimate of drug-likeness (QED) is 0.603. The van der Waals surface area contributed by atoms with Gasteiger partial charge in [0, 0.05) is 4.47 Å². The van der Waals surface area contributed by atoms with Crippen LogP contribution in [-0.2, 0) is 4.79 Å². The number of carbonyl (C=O) groups is 1. The van der Waals surface area contributed by atoms with Crippen molar-refractivity contribution in [1.82, 2.24) is 0 Å². The van der Waals surface area contributed by atoms with Crippen molar-refractivity contribution in [2.45, 2.75) is 11.8 Å². The third kappa shape index (κ3) is 2.17. The van der Waals surface area contributed by atoms with Crippen molar-refractivity contribution in [2.24, 2.45) is 0 Å². The standard InChI is InChI=1S/C9H8Br2O/c1-6-4-7(9(11)5-12)2-3-8(6)10/h2-5,9H,1H3. The lowest BCUT2D eigenvalue weighted by molar-refractivity contribution is -0.107. The molecule has 3 heteroatoms. The fourth-order valence-electron chi connectivity index (χ4n) is 0.918. The molecule has 0 amide bonds. The summed E-state index contributed by atoms with van der Waals surface area (Å²) in [6.45, 7) is 2.00. The molecule has 0 aliphatic rings. The molecule has 0 spiro atoms. The maximum absolute atomic E-state index is 10.4. The highest BCUT2D eigenvalue weighted by Crippen LogP contribution is 2.24. The lowest BCUT2D eigenvalue weighted by atomic mass is 10.1. The molecule has 0 saturated carbocycles. The van der Waals surface area contributed by atoms with Gasteiger partial charge in [0.05, 0.1) is 4.83 Å². The van der Waals surface area contributed by atoms with Crippen LogP contribution in [0.25, 0.3) is 0 Å². The molecule has 0 bridgehead atoms. The SMILES string of the molecule is Cc1cc(C(Br)C=O)ccc1Br. The van der Waals surface area contributed by atoms with Crippen molar-refractivity contribution in [3.05, 3.63) is 33.8 Å². The van der Waals surface area contributed by atoms with Gasteiger partial charge in [-0.2, -0.15) is 0 Å². The Kier molecular flexibility index (Phi) is 3.47. The van der Waals surface area contributed by atoms with Gasteiger partial charge in [0.15, 0.2) is 0 Å². The number of aldehydes is 1. The molecule has 0 N–H and O–H groups in total. The summed E-state index contributed by atoms with van der Waals surface area (Å²) in [5.74, 6) is 0. The predicted molar refractivity (Wildman–Crippen MR) is 56.6 cm³/mol. The Morgan fingerprint density at radius 1 is 1.50 bits per heavy atom. The van der Waals surface area contributed by atoms with Gasteiger partial charge in [-0.15, -0.1) is 0 Å².